The van der Waals surface area contributed by atoms with Crippen molar-refractivity contribution >= 4 is 29.2 Å². The van der Waals surface area contributed by atoms with E-state index in [1.165, 1.54) is 18.2 Å². The summed E-state index contributed by atoms with van der Waals surface area (Å²) in [5.41, 5.74) is -9.65. The van der Waals surface area contributed by atoms with Gasteiger partial charge in [0.25, 0.3) is 6.43 Å². The fourth-order valence-electron chi connectivity index (χ4n) is 3.86. The van der Waals surface area contributed by atoms with Gasteiger partial charge in [0, 0.05) is 0 Å². The average molecular weight is 389 g/mol. The van der Waals surface area contributed by atoms with E-state index >= 15 is 0 Å². The van der Waals surface area contributed by atoms with E-state index in [0.29, 0.717) is 13.0 Å². The normalized spacial score (nSPS) is 32.5. The zero-order valence-electron chi connectivity index (χ0n) is 12.0. The minimum atomic E-state index is -5.52. The number of carbonyl (C=O) groups is 1. The van der Waals surface area contributed by atoms with Crippen molar-refractivity contribution < 1.29 is 31.9 Å². The predicted molar refractivity (Wildman–Crippen MR) is 78.1 cm³/mol. The van der Waals surface area contributed by atoms with Gasteiger partial charge in [0.1, 0.15) is 9.91 Å². The van der Waals surface area contributed by atoms with Gasteiger partial charge in [-0.1, -0.05) is 53.5 Å². The standard InChI is InChI=1S/C15H11Cl2F5O2/c1-12(11(23)24)13(7-9(16)17,8-5-3-2-4-6-8)14(12,10(18)19)15(20,21)22/h2-7,10H,1H3,(H,23,24). The van der Waals surface area contributed by atoms with Crippen molar-refractivity contribution in [2.24, 2.45) is 10.8 Å². The molecule has 1 aromatic carbocycles. The molecule has 0 spiro atoms. The molecule has 0 saturated heterocycles. The highest BCUT2D eigenvalue weighted by Gasteiger charge is 3.00. The van der Waals surface area contributed by atoms with Crippen molar-refractivity contribution in [1.82, 2.24) is 0 Å². The summed E-state index contributed by atoms with van der Waals surface area (Å²) < 4.78 is 68.1. The Morgan fingerprint density at radius 1 is 1.21 bits per heavy atom. The molecule has 1 N–H and O–H groups in total. The third kappa shape index (κ3) is 1.97. The Hall–Kier alpha value is -1.34. The molecular formula is C15H11Cl2F5O2. The largest absolute Gasteiger partial charge is 0.481 e. The summed E-state index contributed by atoms with van der Waals surface area (Å²) in [4.78, 5) is 11.7. The van der Waals surface area contributed by atoms with E-state index in [1.807, 2.05) is 0 Å². The predicted octanol–water partition coefficient (Wildman–Crippen LogP) is 5.16. The zero-order valence-corrected chi connectivity index (χ0v) is 13.6. The highest BCUT2D eigenvalue weighted by atomic mass is 35.5. The van der Waals surface area contributed by atoms with E-state index < -0.39 is 39.3 Å². The molecule has 3 unspecified atom stereocenters. The minimum Gasteiger partial charge on any atom is -0.481 e. The van der Waals surface area contributed by atoms with Crippen LogP contribution in [0.1, 0.15) is 12.5 Å². The molecule has 0 aliphatic heterocycles. The van der Waals surface area contributed by atoms with Gasteiger partial charge in [-0.15, -0.1) is 0 Å². The summed E-state index contributed by atoms with van der Waals surface area (Å²) >= 11 is 11.0. The number of hydrogen-bond acceptors (Lipinski definition) is 1. The first-order valence-corrected chi connectivity index (χ1v) is 7.34. The third-order valence-electron chi connectivity index (χ3n) is 4.89. The Morgan fingerprint density at radius 2 is 1.71 bits per heavy atom. The molecule has 1 fully saturated rings. The van der Waals surface area contributed by atoms with Crippen LogP contribution in [-0.2, 0) is 10.2 Å². The third-order valence-corrected chi connectivity index (χ3v) is 5.11. The van der Waals surface area contributed by atoms with Gasteiger partial charge < -0.3 is 5.11 Å². The molecule has 132 valence electrons. The first-order valence-electron chi connectivity index (χ1n) is 6.59. The van der Waals surface area contributed by atoms with Crippen molar-refractivity contribution in [3.05, 3.63) is 46.5 Å². The number of rotatable bonds is 4. The number of halogens is 7. The molecule has 1 saturated carbocycles. The molecule has 3 atom stereocenters. The van der Waals surface area contributed by atoms with Crippen LogP contribution >= 0.6 is 23.2 Å². The maximum atomic E-state index is 13.8. The van der Waals surface area contributed by atoms with E-state index in [4.69, 9.17) is 23.2 Å². The summed E-state index contributed by atoms with van der Waals surface area (Å²) in [5.74, 6) is -2.02. The monoisotopic (exact) mass is 388 g/mol. The molecule has 9 heteroatoms. The van der Waals surface area contributed by atoms with E-state index in [2.05, 4.69) is 0 Å². The number of aliphatic carboxylic acids is 1. The Kier molecular flexibility index (Phi) is 4.43. The van der Waals surface area contributed by atoms with Gasteiger partial charge in [-0.05, 0) is 18.6 Å². The Balaban J connectivity index is 2.97. The molecule has 24 heavy (non-hydrogen) atoms. The molecule has 1 aromatic rings. The summed E-state index contributed by atoms with van der Waals surface area (Å²) in [7, 11) is 0. The molecule has 1 aliphatic rings. The molecule has 0 aromatic heterocycles. The second kappa shape index (κ2) is 5.59. The lowest BCUT2D eigenvalue weighted by atomic mass is 9.84. The molecule has 0 bridgehead atoms. The van der Waals surface area contributed by atoms with E-state index in [0.717, 1.165) is 12.1 Å². The van der Waals surface area contributed by atoms with Gasteiger partial charge in [-0.25, -0.2) is 8.78 Å². The van der Waals surface area contributed by atoms with Crippen LogP contribution in [0.2, 0.25) is 0 Å². The van der Waals surface area contributed by atoms with Crippen molar-refractivity contribution in [1.29, 1.82) is 0 Å². The molecule has 2 nitrogen and oxygen atoms in total. The number of allylic oxidation sites excluding steroid dienone is 1. The average Bonchev–Trinajstić information content (AvgIpc) is 2.96. The quantitative estimate of drug-likeness (QED) is 0.723. The van der Waals surface area contributed by atoms with Crippen LogP contribution in [0.3, 0.4) is 0 Å². The maximum absolute atomic E-state index is 13.8. The first kappa shape index (κ1) is 19.0. The van der Waals surface area contributed by atoms with Gasteiger partial charge in [-0.2, -0.15) is 13.2 Å². The van der Waals surface area contributed by atoms with Crippen LogP contribution in [-0.4, -0.2) is 23.7 Å². The number of carboxylic acids is 1. The van der Waals surface area contributed by atoms with Crippen LogP contribution in [0, 0.1) is 10.8 Å². The van der Waals surface area contributed by atoms with E-state index in [1.54, 1.807) is 0 Å². The van der Waals surface area contributed by atoms with Crippen LogP contribution in [0.4, 0.5) is 22.0 Å². The summed E-state index contributed by atoms with van der Waals surface area (Å²) in [6, 6.07) is 6.39. The second-order valence-electron chi connectivity index (χ2n) is 5.64. The van der Waals surface area contributed by atoms with Crippen LogP contribution in [0.5, 0.6) is 0 Å². The van der Waals surface area contributed by atoms with Crippen molar-refractivity contribution in [2.75, 3.05) is 0 Å². The molecule has 1 aliphatic carbocycles. The smallest absolute Gasteiger partial charge is 0.402 e. The Bertz CT molecular complexity index is 687. The van der Waals surface area contributed by atoms with Gasteiger partial charge in [-0.3, -0.25) is 4.79 Å². The lowest BCUT2D eigenvalue weighted by Crippen LogP contribution is -2.40. The fraction of sp³-hybridized carbons (Fsp3) is 0.400. The Morgan fingerprint density at radius 3 is 2.00 bits per heavy atom. The summed E-state index contributed by atoms with van der Waals surface area (Å²) in [5, 5.41) is 9.42. The molecule has 0 heterocycles. The molecule has 2 rings (SSSR count). The van der Waals surface area contributed by atoms with E-state index in [-0.39, 0.29) is 5.56 Å². The summed E-state index contributed by atoms with van der Waals surface area (Å²) in [6.45, 7) is 0.634. The number of carboxylic acid groups (broad SMARTS) is 1. The highest BCUT2D eigenvalue weighted by Crippen LogP contribution is 2.86. The Labute approximate surface area is 143 Å². The molecule has 0 radical (unpaired) electrons. The SMILES string of the molecule is CC1(C(=O)O)C(C=C(Cl)Cl)(c2ccccc2)C1(C(F)F)C(F)(F)F. The van der Waals surface area contributed by atoms with Crippen molar-refractivity contribution in [3.63, 3.8) is 0 Å². The number of alkyl halides is 5. The number of benzene rings is 1. The molecular weight excluding hydrogens is 378 g/mol. The first-order chi connectivity index (χ1) is 10.9. The summed E-state index contributed by atoms with van der Waals surface area (Å²) in [6.07, 6.45) is -8.98. The van der Waals surface area contributed by atoms with E-state index in [9.17, 15) is 31.9 Å². The van der Waals surface area contributed by atoms with Crippen molar-refractivity contribution in [3.8, 4) is 0 Å². The van der Waals surface area contributed by atoms with Gasteiger partial charge >= 0.3 is 12.1 Å². The second-order valence-corrected chi connectivity index (χ2v) is 6.65. The van der Waals surface area contributed by atoms with Crippen LogP contribution < -0.4 is 0 Å². The maximum Gasteiger partial charge on any atom is 0.402 e. The number of hydrogen-bond donors (Lipinski definition) is 1. The molecule has 0 amide bonds. The van der Waals surface area contributed by atoms with Gasteiger partial charge in [0.05, 0.1) is 5.41 Å². The zero-order chi connectivity index (χ0) is 18.6. The lowest BCUT2D eigenvalue weighted by Gasteiger charge is -2.25. The minimum absolute atomic E-state index is 0.258. The van der Waals surface area contributed by atoms with Crippen LogP contribution in [0.25, 0.3) is 0 Å². The highest BCUT2D eigenvalue weighted by molar-refractivity contribution is 6.56. The topological polar surface area (TPSA) is 37.3 Å². The van der Waals surface area contributed by atoms with Crippen LogP contribution in [0.15, 0.2) is 40.9 Å². The van der Waals surface area contributed by atoms with Gasteiger partial charge in [0.15, 0.2) is 5.41 Å². The fourth-order valence-corrected chi connectivity index (χ4v) is 4.19. The van der Waals surface area contributed by atoms with Gasteiger partial charge in [0.2, 0.25) is 0 Å². The lowest BCUT2D eigenvalue weighted by molar-refractivity contribution is -0.239. The van der Waals surface area contributed by atoms with Crippen molar-refractivity contribution in [2.45, 2.75) is 24.9 Å².